The summed E-state index contributed by atoms with van der Waals surface area (Å²) >= 11 is 1.55. The smallest absolute Gasteiger partial charge is 0.315 e. The van der Waals surface area contributed by atoms with E-state index < -0.39 is 11.9 Å². The number of aliphatic carboxylic acids is 1. The first kappa shape index (κ1) is 27.0. The lowest BCUT2D eigenvalue weighted by Gasteiger charge is -2.25. The second-order valence-corrected chi connectivity index (χ2v) is 9.28. The summed E-state index contributed by atoms with van der Waals surface area (Å²) in [4.78, 5) is 35.0. The number of carboxylic acids is 1. The number of benzene rings is 1. The van der Waals surface area contributed by atoms with E-state index in [9.17, 15) is 19.5 Å². The normalized spacial score (nSPS) is 12.3. The highest BCUT2D eigenvalue weighted by Crippen LogP contribution is 2.31. The van der Waals surface area contributed by atoms with Gasteiger partial charge >= 0.3 is 17.9 Å². The highest BCUT2D eigenvalue weighted by Gasteiger charge is 2.23. The zero-order valence-electron chi connectivity index (χ0n) is 19.1. The van der Waals surface area contributed by atoms with Gasteiger partial charge in [-0.2, -0.15) is 0 Å². The summed E-state index contributed by atoms with van der Waals surface area (Å²) in [7, 11) is 0. The van der Waals surface area contributed by atoms with Crippen LogP contribution >= 0.6 is 11.8 Å². The molecule has 0 aliphatic heterocycles. The Bertz CT molecular complexity index is 716. The molecule has 1 aromatic rings. The van der Waals surface area contributed by atoms with Crippen LogP contribution < -0.4 is 0 Å². The van der Waals surface area contributed by atoms with E-state index in [2.05, 4.69) is 13.8 Å². The first-order chi connectivity index (χ1) is 14.7. The van der Waals surface area contributed by atoms with Crippen LogP contribution in [0.15, 0.2) is 24.3 Å². The number of rotatable bonds is 15. The molecule has 1 atom stereocenters. The van der Waals surface area contributed by atoms with E-state index in [1.165, 1.54) is 0 Å². The van der Waals surface area contributed by atoms with Gasteiger partial charge in [0.25, 0.3) is 0 Å². The third-order valence-corrected chi connectivity index (χ3v) is 6.36. The van der Waals surface area contributed by atoms with Crippen molar-refractivity contribution in [3.8, 4) is 0 Å². The van der Waals surface area contributed by atoms with Crippen molar-refractivity contribution in [2.75, 3.05) is 24.7 Å². The summed E-state index contributed by atoms with van der Waals surface area (Å²) in [6.45, 7) is 8.59. The molecule has 7 heteroatoms. The molecular formula is C24H36O6S. The number of carboxylic acid groups (broad SMARTS) is 1. The molecule has 0 bridgehead atoms. The third kappa shape index (κ3) is 11.2. The zero-order valence-corrected chi connectivity index (χ0v) is 20.0. The van der Waals surface area contributed by atoms with E-state index in [0.717, 1.165) is 29.7 Å². The van der Waals surface area contributed by atoms with Gasteiger partial charge in [-0.25, -0.2) is 0 Å². The van der Waals surface area contributed by atoms with Crippen molar-refractivity contribution in [1.82, 2.24) is 0 Å². The monoisotopic (exact) mass is 452 g/mol. The fraction of sp³-hybridized carbons (Fsp3) is 0.625. The molecule has 0 fully saturated rings. The molecule has 1 N–H and O–H groups in total. The summed E-state index contributed by atoms with van der Waals surface area (Å²) in [5, 5.41) is 9.76. The van der Waals surface area contributed by atoms with Crippen LogP contribution in [0.4, 0.5) is 0 Å². The predicted molar refractivity (Wildman–Crippen MR) is 123 cm³/mol. The van der Waals surface area contributed by atoms with E-state index in [4.69, 9.17) is 9.47 Å². The first-order valence-corrected chi connectivity index (χ1v) is 12.0. The van der Waals surface area contributed by atoms with E-state index in [-0.39, 0.29) is 23.8 Å². The minimum absolute atomic E-state index is 0.00169. The quantitative estimate of drug-likeness (QED) is 0.381. The number of ether oxygens (including phenoxy) is 2. The SMILES string of the molecule is CCOC(=O)CCc1cccc(C(CCCC(C)(C)CSCC(=O)OCC)C(=O)O)c1. The number of carbonyl (C=O) groups excluding carboxylic acids is 2. The maximum atomic E-state index is 11.9. The van der Waals surface area contributed by atoms with Gasteiger partial charge < -0.3 is 14.6 Å². The van der Waals surface area contributed by atoms with Crippen molar-refractivity contribution in [3.63, 3.8) is 0 Å². The number of aryl methyl sites for hydroxylation is 1. The molecule has 1 aromatic carbocycles. The summed E-state index contributed by atoms with van der Waals surface area (Å²) in [6, 6.07) is 7.48. The number of carbonyl (C=O) groups is 3. The summed E-state index contributed by atoms with van der Waals surface area (Å²) in [5.74, 6) is -0.703. The van der Waals surface area contributed by atoms with Gasteiger partial charge in [0, 0.05) is 6.42 Å². The Labute approximate surface area is 190 Å². The topological polar surface area (TPSA) is 89.9 Å². The first-order valence-electron chi connectivity index (χ1n) is 10.9. The second kappa shape index (κ2) is 14.1. The number of thioether (sulfide) groups is 1. The van der Waals surface area contributed by atoms with Gasteiger partial charge in [0.2, 0.25) is 0 Å². The highest BCUT2D eigenvalue weighted by atomic mass is 32.2. The third-order valence-electron chi connectivity index (χ3n) is 4.94. The van der Waals surface area contributed by atoms with Crippen LogP contribution in [0.1, 0.15) is 70.4 Å². The van der Waals surface area contributed by atoms with Crippen LogP contribution in [0.5, 0.6) is 0 Å². The van der Waals surface area contributed by atoms with Crippen molar-refractivity contribution < 1.29 is 29.0 Å². The zero-order chi connectivity index (χ0) is 23.3. The van der Waals surface area contributed by atoms with Crippen molar-refractivity contribution in [1.29, 1.82) is 0 Å². The van der Waals surface area contributed by atoms with Gasteiger partial charge in [-0.15, -0.1) is 11.8 Å². The highest BCUT2D eigenvalue weighted by molar-refractivity contribution is 7.99. The van der Waals surface area contributed by atoms with Crippen molar-refractivity contribution in [2.45, 2.75) is 65.7 Å². The minimum atomic E-state index is -0.836. The fourth-order valence-corrected chi connectivity index (χ4v) is 4.40. The molecule has 6 nitrogen and oxygen atoms in total. The Morgan fingerprint density at radius 1 is 1.10 bits per heavy atom. The molecule has 0 amide bonds. The lowest BCUT2D eigenvalue weighted by atomic mass is 9.85. The Balaban J connectivity index is 2.59. The van der Waals surface area contributed by atoms with Crippen molar-refractivity contribution >= 4 is 29.7 Å². The molecule has 174 valence electrons. The number of hydrogen-bond acceptors (Lipinski definition) is 6. The molecule has 31 heavy (non-hydrogen) atoms. The Morgan fingerprint density at radius 2 is 1.77 bits per heavy atom. The van der Waals surface area contributed by atoms with Gasteiger partial charge in [-0.1, -0.05) is 44.5 Å². The number of hydrogen-bond donors (Lipinski definition) is 1. The maximum Gasteiger partial charge on any atom is 0.315 e. The molecule has 0 saturated carbocycles. The van der Waals surface area contributed by atoms with Crippen LogP contribution in [-0.2, 0) is 30.3 Å². The molecule has 0 radical (unpaired) electrons. The second-order valence-electron chi connectivity index (χ2n) is 8.30. The largest absolute Gasteiger partial charge is 0.481 e. The maximum absolute atomic E-state index is 11.9. The molecular weight excluding hydrogens is 416 g/mol. The van der Waals surface area contributed by atoms with E-state index in [1.54, 1.807) is 25.6 Å². The molecule has 1 rings (SSSR count). The molecule has 0 aliphatic carbocycles. The van der Waals surface area contributed by atoms with Gasteiger partial charge in [-0.05, 0) is 55.4 Å². The van der Waals surface area contributed by atoms with E-state index >= 15 is 0 Å². The summed E-state index contributed by atoms with van der Waals surface area (Å²) in [5.41, 5.74) is 1.71. The lowest BCUT2D eigenvalue weighted by Crippen LogP contribution is -2.18. The molecule has 0 spiro atoms. The van der Waals surface area contributed by atoms with Gasteiger partial charge in [0.05, 0.1) is 24.9 Å². The van der Waals surface area contributed by atoms with Gasteiger partial charge in [0.15, 0.2) is 0 Å². The lowest BCUT2D eigenvalue weighted by molar-refractivity contribution is -0.143. The van der Waals surface area contributed by atoms with Gasteiger partial charge in [-0.3, -0.25) is 14.4 Å². The Kier molecular flexibility index (Phi) is 12.3. The summed E-state index contributed by atoms with van der Waals surface area (Å²) in [6.07, 6.45) is 3.01. The molecule has 1 unspecified atom stereocenters. The standard InChI is InChI=1S/C24H36O6S/c1-5-29-21(25)13-12-18-9-7-10-19(15-18)20(23(27)28)11-8-14-24(3,4)17-31-16-22(26)30-6-2/h7,9-10,15,20H,5-6,8,11-14,16-17H2,1-4H3,(H,27,28). The van der Waals surface area contributed by atoms with Gasteiger partial charge in [0.1, 0.15) is 0 Å². The molecule has 0 aromatic heterocycles. The van der Waals surface area contributed by atoms with Crippen molar-refractivity contribution in [2.24, 2.45) is 5.41 Å². The average molecular weight is 453 g/mol. The summed E-state index contributed by atoms with van der Waals surface area (Å²) < 4.78 is 9.90. The van der Waals surface area contributed by atoms with Crippen LogP contribution in [0.25, 0.3) is 0 Å². The van der Waals surface area contributed by atoms with Crippen LogP contribution in [0.3, 0.4) is 0 Å². The fourth-order valence-electron chi connectivity index (χ4n) is 3.35. The molecule has 0 aliphatic rings. The average Bonchev–Trinajstić information content (AvgIpc) is 2.70. The number of esters is 2. The van der Waals surface area contributed by atoms with Crippen molar-refractivity contribution in [3.05, 3.63) is 35.4 Å². The van der Waals surface area contributed by atoms with Crippen LogP contribution in [-0.4, -0.2) is 47.7 Å². The van der Waals surface area contributed by atoms with E-state index in [1.807, 2.05) is 24.3 Å². The van der Waals surface area contributed by atoms with E-state index in [0.29, 0.717) is 31.8 Å². The Hall–Kier alpha value is -2.02. The minimum Gasteiger partial charge on any atom is -0.481 e. The molecule has 0 heterocycles. The molecule has 0 saturated heterocycles. The Morgan fingerprint density at radius 3 is 2.42 bits per heavy atom. The van der Waals surface area contributed by atoms with Crippen LogP contribution in [0, 0.1) is 5.41 Å². The predicted octanol–water partition coefficient (Wildman–Crippen LogP) is 4.84. The van der Waals surface area contributed by atoms with Crippen LogP contribution in [0.2, 0.25) is 0 Å².